The van der Waals surface area contributed by atoms with Crippen LogP contribution in [-0.4, -0.2) is 54.6 Å². The van der Waals surface area contributed by atoms with Crippen LogP contribution in [0.4, 0.5) is 26.2 Å². The SMILES string of the molecule is CCOC1CC(C(=O)Nc2ccc(N3CCCCC3=O)cc2F)N(C(=O)Nc2ccc(Cl)cc2)C1. The summed E-state index contributed by atoms with van der Waals surface area (Å²) in [5.41, 5.74) is 0.986. The molecule has 2 fully saturated rings. The Hall–Kier alpha value is -3.17. The van der Waals surface area contributed by atoms with Gasteiger partial charge < -0.3 is 25.2 Å². The minimum absolute atomic E-state index is 0.0128. The molecule has 2 aliphatic heterocycles. The number of likely N-dealkylation sites (tertiary alicyclic amines) is 1. The Morgan fingerprint density at radius 1 is 1.14 bits per heavy atom. The predicted octanol–water partition coefficient (Wildman–Crippen LogP) is 4.65. The molecule has 0 aromatic heterocycles. The summed E-state index contributed by atoms with van der Waals surface area (Å²) in [5, 5.41) is 5.90. The summed E-state index contributed by atoms with van der Waals surface area (Å²) in [5.74, 6) is -1.20. The maximum absolute atomic E-state index is 14.9. The number of rotatable bonds is 6. The van der Waals surface area contributed by atoms with E-state index in [1.54, 1.807) is 35.2 Å². The quantitative estimate of drug-likeness (QED) is 0.601. The Morgan fingerprint density at radius 3 is 2.60 bits per heavy atom. The minimum Gasteiger partial charge on any atom is -0.377 e. The highest BCUT2D eigenvalue weighted by atomic mass is 35.5. The van der Waals surface area contributed by atoms with Gasteiger partial charge in [0.05, 0.1) is 11.8 Å². The first-order chi connectivity index (χ1) is 16.9. The van der Waals surface area contributed by atoms with Gasteiger partial charge >= 0.3 is 6.03 Å². The van der Waals surface area contributed by atoms with E-state index < -0.39 is 23.8 Å². The normalized spacial score (nSPS) is 20.1. The Balaban J connectivity index is 1.47. The molecule has 2 aromatic rings. The topological polar surface area (TPSA) is 91.0 Å². The Labute approximate surface area is 208 Å². The molecule has 2 N–H and O–H groups in total. The van der Waals surface area contributed by atoms with Crippen molar-refractivity contribution in [3.8, 4) is 0 Å². The third-order valence-electron chi connectivity index (χ3n) is 6.17. The Kier molecular flexibility index (Phi) is 7.87. The van der Waals surface area contributed by atoms with E-state index in [1.165, 1.54) is 17.0 Å². The summed E-state index contributed by atoms with van der Waals surface area (Å²) >= 11 is 5.90. The monoisotopic (exact) mass is 502 g/mol. The molecule has 0 spiro atoms. The maximum atomic E-state index is 14.9. The highest BCUT2D eigenvalue weighted by molar-refractivity contribution is 6.30. The second-order valence-electron chi connectivity index (χ2n) is 8.57. The van der Waals surface area contributed by atoms with Crippen molar-refractivity contribution in [2.45, 2.75) is 44.8 Å². The predicted molar refractivity (Wildman–Crippen MR) is 132 cm³/mol. The minimum atomic E-state index is -0.846. The van der Waals surface area contributed by atoms with Crippen LogP contribution in [0.25, 0.3) is 0 Å². The number of nitrogens with one attached hydrogen (secondary N) is 2. The van der Waals surface area contributed by atoms with Crippen molar-refractivity contribution < 1.29 is 23.5 Å². The number of urea groups is 1. The standard InChI is InChI=1S/C25H28ClFN4O4/c1-2-35-19-14-22(31(15-19)25(34)28-17-8-6-16(26)7-9-17)24(33)29-21-11-10-18(13-20(21)27)30-12-4-3-5-23(30)32/h6-11,13,19,22H,2-5,12,14-15H2,1H3,(H,28,34)(H,29,33). The lowest BCUT2D eigenvalue weighted by molar-refractivity contribution is -0.120. The van der Waals surface area contributed by atoms with Gasteiger partial charge in [-0.3, -0.25) is 9.59 Å². The van der Waals surface area contributed by atoms with Crippen LogP contribution >= 0.6 is 11.6 Å². The van der Waals surface area contributed by atoms with E-state index >= 15 is 0 Å². The first kappa shape index (κ1) is 24.9. The highest BCUT2D eigenvalue weighted by Crippen LogP contribution is 2.28. The largest absolute Gasteiger partial charge is 0.377 e. The van der Waals surface area contributed by atoms with Crippen molar-refractivity contribution in [2.24, 2.45) is 0 Å². The molecule has 2 saturated heterocycles. The molecule has 0 aliphatic carbocycles. The molecule has 4 amide bonds. The summed E-state index contributed by atoms with van der Waals surface area (Å²) in [6.07, 6.45) is 2.11. The number of nitrogens with zero attached hydrogens (tertiary/aromatic N) is 2. The van der Waals surface area contributed by atoms with E-state index in [-0.39, 0.29) is 30.7 Å². The van der Waals surface area contributed by atoms with Crippen LogP contribution in [0.5, 0.6) is 0 Å². The summed E-state index contributed by atoms with van der Waals surface area (Å²) in [7, 11) is 0. The fraction of sp³-hybridized carbons (Fsp3) is 0.400. The van der Waals surface area contributed by atoms with Crippen LogP contribution in [0.3, 0.4) is 0 Å². The van der Waals surface area contributed by atoms with Gasteiger partial charge in [0.15, 0.2) is 0 Å². The lowest BCUT2D eigenvalue weighted by atomic mass is 10.1. The number of piperidine rings is 1. The lowest BCUT2D eigenvalue weighted by Gasteiger charge is -2.27. The van der Waals surface area contributed by atoms with E-state index in [0.29, 0.717) is 36.0 Å². The second-order valence-corrected chi connectivity index (χ2v) is 9.01. The number of anilines is 3. The van der Waals surface area contributed by atoms with Crippen molar-refractivity contribution in [3.63, 3.8) is 0 Å². The fourth-order valence-corrected chi connectivity index (χ4v) is 4.55. The molecule has 2 unspecified atom stereocenters. The number of ether oxygens (including phenoxy) is 1. The van der Waals surface area contributed by atoms with Crippen molar-refractivity contribution in [2.75, 3.05) is 35.2 Å². The number of amides is 4. The number of carbonyl (C=O) groups excluding carboxylic acids is 3. The third-order valence-corrected chi connectivity index (χ3v) is 6.42. The molecule has 2 aliphatic rings. The zero-order valence-corrected chi connectivity index (χ0v) is 20.2. The molecule has 0 saturated carbocycles. The smallest absolute Gasteiger partial charge is 0.322 e. The number of hydrogen-bond donors (Lipinski definition) is 2. The van der Waals surface area contributed by atoms with Crippen LogP contribution in [-0.2, 0) is 14.3 Å². The molecule has 0 radical (unpaired) electrons. The average molecular weight is 503 g/mol. The zero-order valence-electron chi connectivity index (χ0n) is 19.4. The third kappa shape index (κ3) is 5.91. The Morgan fingerprint density at radius 2 is 1.91 bits per heavy atom. The van der Waals surface area contributed by atoms with Gasteiger partial charge in [-0.2, -0.15) is 0 Å². The number of benzene rings is 2. The molecular weight excluding hydrogens is 475 g/mol. The van der Waals surface area contributed by atoms with E-state index in [4.69, 9.17) is 16.3 Å². The van der Waals surface area contributed by atoms with Crippen LogP contribution in [0.2, 0.25) is 5.02 Å². The van der Waals surface area contributed by atoms with Gasteiger partial charge in [0.2, 0.25) is 11.8 Å². The number of carbonyl (C=O) groups is 3. The fourth-order valence-electron chi connectivity index (χ4n) is 4.42. The lowest BCUT2D eigenvalue weighted by Crippen LogP contribution is -2.45. The molecule has 0 bridgehead atoms. The van der Waals surface area contributed by atoms with Crippen LogP contribution < -0.4 is 15.5 Å². The molecule has 2 aromatic carbocycles. The van der Waals surface area contributed by atoms with Gasteiger partial charge in [-0.25, -0.2) is 9.18 Å². The molecule has 2 atom stereocenters. The van der Waals surface area contributed by atoms with Gasteiger partial charge in [0.1, 0.15) is 11.9 Å². The number of halogens is 2. The molecule has 35 heavy (non-hydrogen) atoms. The van der Waals surface area contributed by atoms with Crippen molar-refractivity contribution in [3.05, 3.63) is 53.3 Å². The van der Waals surface area contributed by atoms with Crippen LogP contribution in [0.15, 0.2) is 42.5 Å². The molecule has 2 heterocycles. The van der Waals surface area contributed by atoms with Gasteiger partial charge in [-0.05, 0) is 62.2 Å². The zero-order chi connectivity index (χ0) is 24.9. The van der Waals surface area contributed by atoms with E-state index in [9.17, 15) is 18.8 Å². The van der Waals surface area contributed by atoms with Crippen molar-refractivity contribution in [1.82, 2.24) is 4.90 Å². The summed E-state index contributed by atoms with van der Waals surface area (Å²) < 4.78 is 20.5. The Bertz CT molecular complexity index is 1100. The molecule has 10 heteroatoms. The molecular formula is C25H28ClFN4O4. The van der Waals surface area contributed by atoms with Crippen LogP contribution in [0.1, 0.15) is 32.6 Å². The second kappa shape index (κ2) is 11.0. The summed E-state index contributed by atoms with van der Waals surface area (Å²) in [4.78, 5) is 41.2. The molecule has 8 nitrogen and oxygen atoms in total. The van der Waals surface area contributed by atoms with Crippen LogP contribution in [0, 0.1) is 5.82 Å². The molecule has 4 rings (SSSR count). The summed E-state index contributed by atoms with van der Waals surface area (Å²) in [6.45, 7) is 3.05. The summed E-state index contributed by atoms with van der Waals surface area (Å²) in [6, 6.07) is 9.63. The average Bonchev–Trinajstić information content (AvgIpc) is 3.27. The van der Waals surface area contributed by atoms with Crippen molar-refractivity contribution in [1.29, 1.82) is 0 Å². The highest BCUT2D eigenvalue weighted by Gasteiger charge is 2.40. The van der Waals surface area contributed by atoms with Gasteiger partial charge in [-0.1, -0.05) is 11.6 Å². The van der Waals surface area contributed by atoms with Gasteiger partial charge in [0.25, 0.3) is 0 Å². The van der Waals surface area contributed by atoms with Gasteiger partial charge in [-0.15, -0.1) is 0 Å². The van der Waals surface area contributed by atoms with Crippen molar-refractivity contribution >= 4 is 46.5 Å². The first-order valence-corrected chi connectivity index (χ1v) is 12.1. The maximum Gasteiger partial charge on any atom is 0.322 e. The molecule has 186 valence electrons. The van der Waals surface area contributed by atoms with E-state index in [2.05, 4.69) is 10.6 Å². The van der Waals surface area contributed by atoms with Gasteiger partial charge in [0, 0.05) is 48.9 Å². The first-order valence-electron chi connectivity index (χ1n) is 11.7. The van der Waals surface area contributed by atoms with E-state index in [1.807, 2.05) is 6.92 Å². The van der Waals surface area contributed by atoms with E-state index in [0.717, 1.165) is 12.8 Å². The number of hydrogen-bond acceptors (Lipinski definition) is 4.